The summed E-state index contributed by atoms with van der Waals surface area (Å²) in [6.07, 6.45) is 0. The number of hydrogen-bond donors (Lipinski definition) is 0. The molecule has 2 aromatic carbocycles. The molecule has 16 heavy (non-hydrogen) atoms. The van der Waals surface area contributed by atoms with E-state index >= 15 is 0 Å². The van der Waals surface area contributed by atoms with E-state index in [1.165, 1.54) is 12.1 Å². The van der Waals surface area contributed by atoms with Gasteiger partial charge in [-0.3, -0.25) is 10.1 Å². The first-order chi connectivity index (χ1) is 7.66. The molecule has 0 spiro atoms. The van der Waals surface area contributed by atoms with Gasteiger partial charge in [-0.25, -0.2) is 0 Å². The van der Waals surface area contributed by atoms with Crippen molar-refractivity contribution in [1.82, 2.24) is 0 Å². The van der Waals surface area contributed by atoms with Crippen LogP contribution in [0.2, 0.25) is 0 Å². The molecule has 0 aromatic heterocycles. The van der Waals surface area contributed by atoms with Crippen molar-refractivity contribution in [3.05, 3.63) is 58.6 Å². The van der Waals surface area contributed by atoms with Crippen molar-refractivity contribution >= 4 is 19.0 Å². The Morgan fingerprint density at radius 2 is 1.62 bits per heavy atom. The minimum absolute atomic E-state index is 0.0833. The number of hydrogen-bond acceptors (Lipinski definition) is 2. The highest BCUT2D eigenvalue weighted by Gasteiger charge is 2.06. The Hall–Kier alpha value is -2.10. The lowest BCUT2D eigenvalue weighted by molar-refractivity contribution is -0.384. The Bertz CT molecular complexity index is 540. The molecule has 0 aliphatic heterocycles. The van der Waals surface area contributed by atoms with E-state index in [2.05, 4.69) is 0 Å². The molecule has 0 saturated carbocycles. The molecule has 0 heterocycles. The molecule has 0 unspecified atom stereocenters. The van der Waals surface area contributed by atoms with Crippen molar-refractivity contribution in [1.29, 1.82) is 0 Å². The molecule has 4 heteroatoms. The van der Waals surface area contributed by atoms with E-state index in [1.54, 1.807) is 18.2 Å². The van der Waals surface area contributed by atoms with Crippen LogP contribution in [-0.2, 0) is 0 Å². The van der Waals surface area contributed by atoms with Crippen LogP contribution in [0.25, 0.3) is 11.1 Å². The van der Waals surface area contributed by atoms with Gasteiger partial charge in [-0.1, -0.05) is 41.9 Å². The van der Waals surface area contributed by atoms with Crippen LogP contribution in [0.15, 0.2) is 48.5 Å². The van der Waals surface area contributed by atoms with Crippen LogP contribution in [0.3, 0.4) is 0 Å². The predicted molar refractivity (Wildman–Crippen MR) is 63.9 cm³/mol. The van der Waals surface area contributed by atoms with E-state index < -0.39 is 4.92 Å². The average Bonchev–Trinajstić information content (AvgIpc) is 2.29. The molecule has 0 N–H and O–H groups in total. The van der Waals surface area contributed by atoms with Gasteiger partial charge in [0.25, 0.3) is 5.69 Å². The fraction of sp³-hybridized carbons (Fsp3) is 0. The third kappa shape index (κ3) is 2.11. The van der Waals surface area contributed by atoms with E-state index in [0.29, 0.717) is 5.46 Å². The van der Waals surface area contributed by atoms with Crippen molar-refractivity contribution < 1.29 is 4.92 Å². The van der Waals surface area contributed by atoms with Crippen LogP contribution in [0.1, 0.15) is 0 Å². The minimum Gasteiger partial charge on any atom is -0.258 e. The Morgan fingerprint density at radius 3 is 2.25 bits per heavy atom. The van der Waals surface area contributed by atoms with Gasteiger partial charge in [0.2, 0.25) is 0 Å². The second-order valence-corrected chi connectivity index (χ2v) is 3.43. The standard InChI is InChI=1S/C12H8BNO2/c13-11-5-1-3-9(7-11)10-4-2-6-12(8-10)14(15)16/h1-8H. The fourth-order valence-corrected chi connectivity index (χ4v) is 1.52. The predicted octanol–water partition coefficient (Wildman–Crippen LogP) is 2.06. The first-order valence-electron chi connectivity index (χ1n) is 4.77. The van der Waals surface area contributed by atoms with Crippen LogP contribution in [0.4, 0.5) is 5.69 Å². The monoisotopic (exact) mass is 209 g/mol. The molecule has 0 fully saturated rings. The first-order valence-corrected chi connectivity index (χ1v) is 4.77. The Kier molecular flexibility index (Phi) is 2.73. The number of non-ortho nitro benzene ring substituents is 1. The van der Waals surface area contributed by atoms with Crippen molar-refractivity contribution in [2.24, 2.45) is 0 Å². The molecule has 3 nitrogen and oxygen atoms in total. The third-order valence-electron chi connectivity index (χ3n) is 2.28. The van der Waals surface area contributed by atoms with Crippen LogP contribution < -0.4 is 5.46 Å². The van der Waals surface area contributed by atoms with Gasteiger partial charge < -0.3 is 0 Å². The number of nitro groups is 1. The van der Waals surface area contributed by atoms with Gasteiger partial charge in [0, 0.05) is 12.1 Å². The Balaban J connectivity index is 2.48. The van der Waals surface area contributed by atoms with Crippen LogP contribution in [-0.4, -0.2) is 12.8 Å². The molecule has 0 bridgehead atoms. The number of nitrogens with zero attached hydrogens (tertiary/aromatic N) is 1. The molecule has 0 aliphatic carbocycles. The quantitative estimate of drug-likeness (QED) is 0.431. The van der Waals surface area contributed by atoms with Crippen molar-refractivity contribution in [2.75, 3.05) is 0 Å². The fourth-order valence-electron chi connectivity index (χ4n) is 1.52. The zero-order valence-electron chi connectivity index (χ0n) is 8.46. The SMILES string of the molecule is [B]c1cccc(-c2cccc([N+](=O)[O-])c2)c1. The van der Waals surface area contributed by atoms with Gasteiger partial charge in [0.1, 0.15) is 7.85 Å². The van der Waals surface area contributed by atoms with E-state index in [-0.39, 0.29) is 5.69 Å². The summed E-state index contributed by atoms with van der Waals surface area (Å²) in [6.45, 7) is 0. The number of rotatable bonds is 2. The van der Waals surface area contributed by atoms with Crippen LogP contribution >= 0.6 is 0 Å². The molecular formula is C12H8BNO2. The summed E-state index contributed by atoms with van der Waals surface area (Å²) >= 11 is 0. The second kappa shape index (κ2) is 4.19. The van der Waals surface area contributed by atoms with Gasteiger partial charge in [-0.05, 0) is 11.1 Å². The van der Waals surface area contributed by atoms with Crippen molar-refractivity contribution in [2.45, 2.75) is 0 Å². The smallest absolute Gasteiger partial charge is 0.258 e. The summed E-state index contributed by atoms with van der Waals surface area (Å²) in [5.41, 5.74) is 2.40. The maximum atomic E-state index is 10.6. The van der Waals surface area contributed by atoms with E-state index in [1.807, 2.05) is 18.2 Å². The van der Waals surface area contributed by atoms with Crippen LogP contribution in [0.5, 0.6) is 0 Å². The summed E-state index contributed by atoms with van der Waals surface area (Å²) in [5.74, 6) is 0. The lowest BCUT2D eigenvalue weighted by Crippen LogP contribution is -2.00. The van der Waals surface area contributed by atoms with E-state index in [0.717, 1.165) is 11.1 Å². The Labute approximate surface area is 94.3 Å². The zero-order chi connectivity index (χ0) is 11.5. The van der Waals surface area contributed by atoms with Gasteiger partial charge in [-0.2, -0.15) is 0 Å². The Morgan fingerprint density at radius 1 is 1.00 bits per heavy atom. The molecular weight excluding hydrogens is 201 g/mol. The normalized spacial score (nSPS) is 10.0. The van der Waals surface area contributed by atoms with Gasteiger partial charge in [0.05, 0.1) is 4.92 Å². The van der Waals surface area contributed by atoms with Crippen LogP contribution in [0, 0.1) is 10.1 Å². The largest absolute Gasteiger partial charge is 0.270 e. The van der Waals surface area contributed by atoms with Crippen molar-refractivity contribution in [3.8, 4) is 11.1 Å². The highest BCUT2D eigenvalue weighted by atomic mass is 16.6. The minimum atomic E-state index is -0.407. The molecule has 0 saturated heterocycles. The third-order valence-corrected chi connectivity index (χ3v) is 2.28. The van der Waals surface area contributed by atoms with Crippen molar-refractivity contribution in [3.63, 3.8) is 0 Å². The van der Waals surface area contributed by atoms with Gasteiger partial charge in [0.15, 0.2) is 0 Å². The molecule has 76 valence electrons. The summed E-state index contributed by atoms with van der Waals surface area (Å²) < 4.78 is 0. The summed E-state index contributed by atoms with van der Waals surface area (Å²) in [4.78, 5) is 10.2. The highest BCUT2D eigenvalue weighted by molar-refractivity contribution is 6.32. The summed E-state index contributed by atoms with van der Waals surface area (Å²) in [5, 5.41) is 10.6. The van der Waals surface area contributed by atoms with E-state index in [9.17, 15) is 10.1 Å². The summed E-state index contributed by atoms with van der Waals surface area (Å²) in [6, 6.07) is 13.8. The zero-order valence-corrected chi connectivity index (χ0v) is 8.46. The average molecular weight is 209 g/mol. The molecule has 0 aliphatic rings. The van der Waals surface area contributed by atoms with E-state index in [4.69, 9.17) is 7.85 Å². The first kappa shape index (κ1) is 10.4. The van der Waals surface area contributed by atoms with Gasteiger partial charge in [-0.15, -0.1) is 0 Å². The topological polar surface area (TPSA) is 43.1 Å². The maximum Gasteiger partial charge on any atom is 0.270 e. The highest BCUT2D eigenvalue weighted by Crippen LogP contribution is 2.22. The molecule has 2 aromatic rings. The molecule has 2 rings (SSSR count). The number of benzene rings is 2. The van der Waals surface area contributed by atoms with Gasteiger partial charge >= 0.3 is 0 Å². The number of nitro benzene ring substituents is 1. The summed E-state index contributed by atoms with van der Waals surface area (Å²) in [7, 11) is 5.66. The molecule has 2 radical (unpaired) electrons. The molecule has 0 atom stereocenters. The second-order valence-electron chi connectivity index (χ2n) is 3.43. The maximum absolute atomic E-state index is 10.6. The molecule has 0 amide bonds. The lowest BCUT2D eigenvalue weighted by Gasteiger charge is -2.02. The lowest BCUT2D eigenvalue weighted by atomic mass is 9.92.